The second-order valence-corrected chi connectivity index (χ2v) is 7.81. The molecule has 0 radical (unpaired) electrons. The van der Waals surface area contributed by atoms with E-state index >= 15 is 0 Å². The van der Waals surface area contributed by atoms with Crippen LogP contribution in [0.5, 0.6) is 0 Å². The van der Waals surface area contributed by atoms with Gasteiger partial charge in [-0.25, -0.2) is 18.8 Å². The molecule has 31 heavy (non-hydrogen) atoms. The highest BCUT2D eigenvalue weighted by molar-refractivity contribution is 6.13. The Balaban J connectivity index is 1.59. The van der Waals surface area contributed by atoms with Gasteiger partial charge in [0.05, 0.1) is 23.1 Å². The number of aromatic nitrogens is 3. The fourth-order valence-electron chi connectivity index (χ4n) is 4.07. The van der Waals surface area contributed by atoms with Crippen molar-refractivity contribution in [2.75, 3.05) is 23.3 Å². The summed E-state index contributed by atoms with van der Waals surface area (Å²) in [6.45, 7) is 3.45. The lowest BCUT2D eigenvalue weighted by atomic mass is 9.98. The number of hydrogen-bond acceptors (Lipinski definition) is 6. The van der Waals surface area contributed by atoms with E-state index in [4.69, 9.17) is 5.41 Å². The highest BCUT2D eigenvalue weighted by Gasteiger charge is 2.26. The number of rotatable bonds is 3. The van der Waals surface area contributed by atoms with Crippen molar-refractivity contribution in [3.8, 4) is 11.3 Å². The Bertz CT molecular complexity index is 1170. The van der Waals surface area contributed by atoms with Crippen LogP contribution in [0.25, 0.3) is 11.3 Å². The molecule has 0 atom stereocenters. The van der Waals surface area contributed by atoms with Crippen LogP contribution in [0.15, 0.2) is 35.5 Å². The molecule has 3 aromatic rings. The summed E-state index contributed by atoms with van der Waals surface area (Å²) in [5.41, 5.74) is 2.94. The standard InChI is InChI=1S/C22H21F2N7/c1-12-20-21(30-29-12)14-9-18(31-7-5-13(10-25)6-8-31)26-11-17(14)27-22(28-20)19-15(23)3-2-4-16(19)24/h2-4,9-11,13,25H,5-8H2,1H3,(H,27,28)(H,29,30). The number of nitrogens with one attached hydrogen (secondary N) is 3. The first kappa shape index (κ1) is 19.3. The van der Waals surface area contributed by atoms with Gasteiger partial charge in [-0.15, -0.1) is 0 Å². The zero-order valence-electron chi connectivity index (χ0n) is 16.9. The third-order valence-electron chi connectivity index (χ3n) is 5.84. The smallest absolute Gasteiger partial charge is 0.144 e. The van der Waals surface area contributed by atoms with E-state index in [1.165, 1.54) is 24.4 Å². The van der Waals surface area contributed by atoms with Crippen molar-refractivity contribution >= 4 is 29.2 Å². The van der Waals surface area contributed by atoms with Crippen molar-refractivity contribution in [1.29, 1.82) is 5.41 Å². The van der Waals surface area contributed by atoms with Crippen molar-refractivity contribution in [2.45, 2.75) is 19.8 Å². The molecular weight excluding hydrogens is 400 g/mol. The highest BCUT2D eigenvalue weighted by atomic mass is 19.1. The number of anilines is 2. The van der Waals surface area contributed by atoms with Crippen molar-refractivity contribution < 1.29 is 8.78 Å². The molecule has 2 aromatic heterocycles. The molecule has 1 aromatic carbocycles. The van der Waals surface area contributed by atoms with E-state index in [1.807, 2.05) is 13.0 Å². The van der Waals surface area contributed by atoms with E-state index in [2.05, 4.69) is 30.4 Å². The van der Waals surface area contributed by atoms with Crippen LogP contribution in [-0.4, -0.2) is 40.3 Å². The van der Waals surface area contributed by atoms with E-state index in [0.717, 1.165) is 37.3 Å². The minimum atomic E-state index is -0.698. The summed E-state index contributed by atoms with van der Waals surface area (Å²) in [5, 5.41) is 17.9. The maximum atomic E-state index is 14.5. The van der Waals surface area contributed by atoms with Crippen molar-refractivity contribution in [3.05, 3.63) is 53.4 Å². The Morgan fingerprint density at radius 1 is 1.19 bits per heavy atom. The number of hydrogen-bond donors (Lipinski definition) is 3. The molecule has 9 heteroatoms. The Kier molecular flexibility index (Phi) is 4.72. The minimum absolute atomic E-state index is 0.0708. The van der Waals surface area contributed by atoms with Gasteiger partial charge in [-0.3, -0.25) is 5.10 Å². The van der Waals surface area contributed by atoms with Crippen LogP contribution in [0.2, 0.25) is 0 Å². The van der Waals surface area contributed by atoms with Crippen LogP contribution in [0.1, 0.15) is 24.1 Å². The predicted octanol–water partition coefficient (Wildman–Crippen LogP) is 4.43. The maximum absolute atomic E-state index is 14.5. The lowest BCUT2D eigenvalue weighted by Gasteiger charge is -2.31. The van der Waals surface area contributed by atoms with Gasteiger partial charge in [-0.05, 0) is 50.1 Å². The number of pyridine rings is 1. The average molecular weight is 421 g/mol. The van der Waals surface area contributed by atoms with Gasteiger partial charge in [-0.1, -0.05) is 6.07 Å². The molecule has 1 saturated heterocycles. The Morgan fingerprint density at radius 2 is 1.94 bits per heavy atom. The van der Waals surface area contributed by atoms with Crippen LogP contribution in [0, 0.1) is 29.9 Å². The fraction of sp³-hybridized carbons (Fsp3) is 0.273. The molecule has 7 nitrogen and oxygen atoms in total. The molecule has 1 fully saturated rings. The average Bonchev–Trinajstić information content (AvgIpc) is 3.05. The van der Waals surface area contributed by atoms with E-state index in [-0.39, 0.29) is 11.4 Å². The largest absolute Gasteiger partial charge is 0.357 e. The van der Waals surface area contributed by atoms with E-state index in [9.17, 15) is 8.78 Å². The zero-order valence-corrected chi connectivity index (χ0v) is 16.9. The van der Waals surface area contributed by atoms with Crippen molar-refractivity contribution in [3.63, 3.8) is 0 Å². The number of halogens is 2. The molecular formula is C22H21F2N7. The number of fused-ring (bicyclic) bond motifs is 3. The number of nitrogens with zero attached hydrogens (tertiary/aromatic N) is 4. The molecule has 0 unspecified atom stereocenters. The third kappa shape index (κ3) is 3.35. The van der Waals surface area contributed by atoms with Crippen LogP contribution in [0.4, 0.5) is 26.0 Å². The van der Waals surface area contributed by atoms with Crippen molar-refractivity contribution in [2.24, 2.45) is 10.9 Å². The SMILES string of the molecule is Cc1[nH]nc2c1N=C(c1c(F)cccc1F)Nc1cnc(N3CCC(C=N)CC3)cc1-2. The summed E-state index contributed by atoms with van der Waals surface area (Å²) in [4.78, 5) is 11.3. The number of aryl methyl sites for hydroxylation is 1. The van der Waals surface area contributed by atoms with Gasteiger partial charge >= 0.3 is 0 Å². The number of amidine groups is 1. The molecule has 0 spiro atoms. The summed E-state index contributed by atoms with van der Waals surface area (Å²) in [6.07, 6.45) is 4.99. The quantitative estimate of drug-likeness (QED) is 0.546. The Labute approximate surface area is 177 Å². The van der Waals surface area contributed by atoms with E-state index in [1.54, 1.807) is 6.20 Å². The predicted molar refractivity (Wildman–Crippen MR) is 116 cm³/mol. The zero-order chi connectivity index (χ0) is 21.5. The van der Waals surface area contributed by atoms with Crippen LogP contribution < -0.4 is 10.2 Å². The molecule has 3 N–H and O–H groups in total. The number of aliphatic imine (C=N–C) groups is 1. The normalized spacial score (nSPS) is 16.1. The summed E-state index contributed by atoms with van der Waals surface area (Å²) in [6, 6.07) is 5.67. The monoisotopic (exact) mass is 421 g/mol. The van der Waals surface area contributed by atoms with Gasteiger partial charge in [0.25, 0.3) is 0 Å². The molecule has 0 amide bonds. The third-order valence-corrected chi connectivity index (χ3v) is 5.84. The van der Waals surface area contributed by atoms with Gasteiger partial charge in [0.2, 0.25) is 0 Å². The molecule has 158 valence electrons. The highest BCUT2D eigenvalue weighted by Crippen LogP contribution is 2.40. The summed E-state index contributed by atoms with van der Waals surface area (Å²) in [5.74, 6) is -0.212. The molecule has 0 saturated carbocycles. The summed E-state index contributed by atoms with van der Waals surface area (Å²) >= 11 is 0. The maximum Gasteiger partial charge on any atom is 0.144 e. The lowest BCUT2D eigenvalue weighted by Crippen LogP contribution is -2.34. The first-order chi connectivity index (χ1) is 15.0. The van der Waals surface area contributed by atoms with E-state index < -0.39 is 11.6 Å². The lowest BCUT2D eigenvalue weighted by molar-refractivity contribution is 0.505. The van der Waals surface area contributed by atoms with Gasteiger partial charge in [0.1, 0.15) is 34.7 Å². The first-order valence-electron chi connectivity index (χ1n) is 10.2. The Morgan fingerprint density at radius 3 is 2.65 bits per heavy atom. The van der Waals surface area contributed by atoms with Crippen LogP contribution in [-0.2, 0) is 0 Å². The van der Waals surface area contributed by atoms with Crippen molar-refractivity contribution in [1.82, 2.24) is 15.2 Å². The van der Waals surface area contributed by atoms with Gasteiger partial charge < -0.3 is 15.6 Å². The summed E-state index contributed by atoms with van der Waals surface area (Å²) < 4.78 is 29.0. The molecule has 2 aliphatic heterocycles. The van der Waals surface area contributed by atoms with Gasteiger partial charge in [0, 0.05) is 18.7 Å². The first-order valence-corrected chi connectivity index (χ1v) is 10.2. The Hall–Kier alpha value is -3.62. The molecule has 0 bridgehead atoms. The van der Waals surface area contributed by atoms with Gasteiger partial charge in [0.15, 0.2) is 0 Å². The second kappa shape index (κ2) is 7.57. The van der Waals surface area contributed by atoms with Crippen LogP contribution >= 0.6 is 0 Å². The second-order valence-electron chi connectivity index (χ2n) is 7.81. The van der Waals surface area contributed by atoms with Gasteiger partial charge in [-0.2, -0.15) is 5.10 Å². The molecule has 5 rings (SSSR count). The fourth-order valence-corrected chi connectivity index (χ4v) is 4.07. The number of piperidine rings is 1. The number of aromatic amines is 1. The topological polar surface area (TPSA) is 93.1 Å². The summed E-state index contributed by atoms with van der Waals surface area (Å²) in [7, 11) is 0. The molecule has 2 aliphatic rings. The molecule has 0 aliphatic carbocycles. The minimum Gasteiger partial charge on any atom is -0.357 e. The van der Waals surface area contributed by atoms with E-state index in [0.29, 0.717) is 28.7 Å². The number of benzene rings is 1. The molecule has 4 heterocycles. The van der Waals surface area contributed by atoms with Crippen LogP contribution in [0.3, 0.4) is 0 Å². The number of H-pyrrole nitrogens is 1.